The van der Waals surface area contributed by atoms with Crippen LogP contribution in [0.3, 0.4) is 0 Å². The van der Waals surface area contributed by atoms with Gasteiger partial charge in [-0.3, -0.25) is 0 Å². The van der Waals surface area contributed by atoms with Gasteiger partial charge in [0.15, 0.2) is 5.75 Å². The molecule has 20 heavy (non-hydrogen) atoms. The number of hydrogen-bond donors (Lipinski definition) is 1. The Morgan fingerprint density at radius 1 is 1.10 bits per heavy atom. The van der Waals surface area contributed by atoms with Gasteiger partial charge in [0, 0.05) is 10.6 Å². The van der Waals surface area contributed by atoms with E-state index >= 15 is 0 Å². The van der Waals surface area contributed by atoms with Crippen LogP contribution in [0.25, 0.3) is 0 Å². The van der Waals surface area contributed by atoms with Gasteiger partial charge in [0.1, 0.15) is 11.9 Å². The Labute approximate surface area is 130 Å². The number of fused-ring (bicyclic) bond motifs is 1. The number of hydrogen-bond acceptors (Lipinski definition) is 2. The number of anilines is 1. The molecule has 1 aliphatic rings. The lowest BCUT2D eigenvalue weighted by Gasteiger charge is -2.29. The Balaban J connectivity index is 1.96. The average molecular weight is 333 g/mol. The maximum absolute atomic E-state index is 13.1. The van der Waals surface area contributed by atoms with Gasteiger partial charge in [-0.2, -0.15) is 0 Å². The molecule has 0 bridgehead atoms. The zero-order valence-corrected chi connectivity index (χ0v) is 12.4. The summed E-state index contributed by atoms with van der Waals surface area (Å²) >= 11 is 18.1. The maximum atomic E-state index is 13.1. The van der Waals surface area contributed by atoms with Gasteiger partial charge in [-0.05, 0) is 24.3 Å². The van der Waals surface area contributed by atoms with Gasteiger partial charge in [0.05, 0.1) is 22.3 Å². The van der Waals surface area contributed by atoms with E-state index in [1.165, 1.54) is 12.1 Å². The van der Waals surface area contributed by atoms with E-state index in [1.54, 1.807) is 18.2 Å². The van der Waals surface area contributed by atoms with E-state index in [0.29, 0.717) is 32.9 Å². The molecule has 0 aliphatic carbocycles. The van der Waals surface area contributed by atoms with Crippen LogP contribution in [-0.4, -0.2) is 6.54 Å². The molecule has 0 spiro atoms. The van der Waals surface area contributed by atoms with Crippen molar-refractivity contribution in [1.29, 1.82) is 0 Å². The number of rotatable bonds is 1. The van der Waals surface area contributed by atoms with Crippen LogP contribution in [0.1, 0.15) is 11.7 Å². The second-order valence-corrected chi connectivity index (χ2v) is 5.67. The molecule has 104 valence electrons. The molecule has 2 nitrogen and oxygen atoms in total. The van der Waals surface area contributed by atoms with E-state index in [-0.39, 0.29) is 11.9 Å². The number of benzene rings is 2. The summed E-state index contributed by atoms with van der Waals surface area (Å²) in [5.41, 5.74) is 1.44. The van der Waals surface area contributed by atoms with E-state index in [4.69, 9.17) is 39.5 Å². The average Bonchev–Trinajstić information content (AvgIpc) is 2.38. The molecule has 6 heteroatoms. The molecule has 1 unspecified atom stereocenters. The van der Waals surface area contributed by atoms with E-state index < -0.39 is 0 Å². The highest BCUT2D eigenvalue weighted by atomic mass is 35.5. The normalized spacial score (nSPS) is 17.1. The lowest BCUT2D eigenvalue weighted by atomic mass is 10.1. The third kappa shape index (κ3) is 2.53. The summed E-state index contributed by atoms with van der Waals surface area (Å²) in [5.74, 6) is 0.139. The van der Waals surface area contributed by atoms with Crippen LogP contribution in [0.15, 0.2) is 30.3 Å². The second-order valence-electron chi connectivity index (χ2n) is 4.42. The summed E-state index contributed by atoms with van der Waals surface area (Å²) < 4.78 is 19.0. The first-order chi connectivity index (χ1) is 9.54. The Hall–Kier alpha value is -1.16. The SMILES string of the molecule is Fc1ccc(C2CNc3cc(Cl)cc(Cl)c3O2)c(Cl)c1. The van der Waals surface area contributed by atoms with Crippen molar-refractivity contribution in [3.63, 3.8) is 0 Å². The summed E-state index contributed by atoms with van der Waals surface area (Å²) in [5, 5.41) is 4.46. The zero-order valence-electron chi connectivity index (χ0n) is 10.1. The van der Waals surface area contributed by atoms with Gasteiger partial charge in [0.2, 0.25) is 0 Å². The summed E-state index contributed by atoms with van der Waals surface area (Å²) in [4.78, 5) is 0. The zero-order chi connectivity index (χ0) is 14.3. The Kier molecular flexibility index (Phi) is 3.67. The standard InChI is InChI=1S/C14H9Cl3FNO/c15-7-3-11(17)14-12(4-7)19-6-13(20-14)9-2-1-8(18)5-10(9)16/h1-5,13,19H,6H2. The van der Waals surface area contributed by atoms with Crippen molar-refractivity contribution < 1.29 is 9.13 Å². The fourth-order valence-corrected chi connectivity index (χ4v) is 2.96. The van der Waals surface area contributed by atoms with Crippen LogP contribution < -0.4 is 10.1 Å². The Morgan fingerprint density at radius 2 is 1.90 bits per heavy atom. The molecule has 0 saturated carbocycles. The Bertz CT molecular complexity index is 678. The highest BCUT2D eigenvalue weighted by Gasteiger charge is 2.25. The number of ether oxygens (including phenoxy) is 1. The van der Waals surface area contributed by atoms with Gasteiger partial charge < -0.3 is 10.1 Å². The first-order valence-electron chi connectivity index (χ1n) is 5.89. The number of halogens is 4. The lowest BCUT2D eigenvalue weighted by Crippen LogP contribution is -2.24. The topological polar surface area (TPSA) is 21.3 Å². The van der Waals surface area contributed by atoms with Crippen LogP contribution in [0, 0.1) is 5.82 Å². The fourth-order valence-electron chi connectivity index (χ4n) is 2.13. The fraction of sp³-hybridized carbons (Fsp3) is 0.143. The van der Waals surface area contributed by atoms with Crippen molar-refractivity contribution in [2.45, 2.75) is 6.10 Å². The van der Waals surface area contributed by atoms with Crippen LogP contribution in [0.5, 0.6) is 5.75 Å². The molecule has 1 heterocycles. The van der Waals surface area contributed by atoms with Gasteiger partial charge in [0.25, 0.3) is 0 Å². The molecule has 1 aliphatic heterocycles. The van der Waals surface area contributed by atoms with Gasteiger partial charge >= 0.3 is 0 Å². The first kappa shape index (κ1) is 13.8. The maximum Gasteiger partial charge on any atom is 0.162 e. The first-order valence-corrected chi connectivity index (χ1v) is 7.02. The van der Waals surface area contributed by atoms with E-state index in [0.717, 1.165) is 5.69 Å². The predicted octanol–water partition coefficient (Wildman–Crippen LogP) is 5.33. The van der Waals surface area contributed by atoms with E-state index in [2.05, 4.69) is 5.32 Å². The molecule has 2 aromatic rings. The quantitative estimate of drug-likeness (QED) is 0.762. The van der Waals surface area contributed by atoms with Crippen molar-refractivity contribution >= 4 is 40.5 Å². The van der Waals surface area contributed by atoms with Crippen molar-refractivity contribution in [1.82, 2.24) is 0 Å². The molecular formula is C14H9Cl3FNO. The van der Waals surface area contributed by atoms with Crippen LogP contribution in [-0.2, 0) is 0 Å². The third-order valence-electron chi connectivity index (χ3n) is 3.06. The minimum atomic E-state index is -0.382. The predicted molar refractivity (Wildman–Crippen MR) is 79.7 cm³/mol. The van der Waals surface area contributed by atoms with E-state index in [1.807, 2.05) is 0 Å². The molecule has 3 rings (SSSR count). The molecular weight excluding hydrogens is 324 g/mol. The molecule has 0 fully saturated rings. The smallest absolute Gasteiger partial charge is 0.162 e. The Morgan fingerprint density at radius 3 is 2.65 bits per heavy atom. The highest BCUT2D eigenvalue weighted by Crippen LogP contribution is 2.42. The van der Waals surface area contributed by atoms with Crippen molar-refractivity contribution in [2.24, 2.45) is 0 Å². The summed E-state index contributed by atoms with van der Waals surface area (Å²) in [6.45, 7) is 0.495. The second kappa shape index (κ2) is 5.32. The number of nitrogens with one attached hydrogen (secondary N) is 1. The molecule has 2 aromatic carbocycles. The van der Waals surface area contributed by atoms with Crippen molar-refractivity contribution in [3.8, 4) is 5.75 Å². The van der Waals surface area contributed by atoms with Crippen LogP contribution in [0.2, 0.25) is 15.1 Å². The van der Waals surface area contributed by atoms with E-state index in [9.17, 15) is 4.39 Å². The van der Waals surface area contributed by atoms with Crippen LogP contribution in [0.4, 0.5) is 10.1 Å². The van der Waals surface area contributed by atoms with Crippen molar-refractivity contribution in [3.05, 3.63) is 56.8 Å². The third-order valence-corrected chi connectivity index (χ3v) is 3.88. The van der Waals surface area contributed by atoms with Crippen LogP contribution >= 0.6 is 34.8 Å². The molecule has 1 atom stereocenters. The minimum absolute atomic E-state index is 0.324. The molecule has 1 N–H and O–H groups in total. The summed E-state index contributed by atoms with van der Waals surface area (Å²) in [6, 6.07) is 7.57. The molecule has 0 aromatic heterocycles. The summed E-state index contributed by atoms with van der Waals surface area (Å²) in [6.07, 6.45) is -0.339. The van der Waals surface area contributed by atoms with Gasteiger partial charge in [-0.1, -0.05) is 40.9 Å². The summed E-state index contributed by atoms with van der Waals surface area (Å²) in [7, 11) is 0. The van der Waals surface area contributed by atoms with Gasteiger partial charge in [-0.25, -0.2) is 4.39 Å². The lowest BCUT2D eigenvalue weighted by molar-refractivity contribution is 0.210. The minimum Gasteiger partial charge on any atom is -0.480 e. The molecule has 0 amide bonds. The largest absolute Gasteiger partial charge is 0.480 e. The van der Waals surface area contributed by atoms with Gasteiger partial charge in [-0.15, -0.1) is 0 Å². The monoisotopic (exact) mass is 331 g/mol. The highest BCUT2D eigenvalue weighted by molar-refractivity contribution is 6.36. The van der Waals surface area contributed by atoms with Crippen molar-refractivity contribution in [2.75, 3.05) is 11.9 Å². The molecule has 0 radical (unpaired) electrons. The molecule has 0 saturated heterocycles.